The number of aliphatic carboxylic acids is 1. The zero-order valence-electron chi connectivity index (χ0n) is 9.72. The first-order valence-corrected chi connectivity index (χ1v) is 7.68. The average Bonchev–Trinajstić information content (AvgIpc) is 2.72. The molecule has 1 aliphatic rings. The number of carbonyl (C=O) groups is 1. The Labute approximate surface area is 114 Å². The second-order valence-electron chi connectivity index (χ2n) is 4.67. The summed E-state index contributed by atoms with van der Waals surface area (Å²) in [6.07, 6.45) is 7.42. The number of alkyl halides is 2. The first-order chi connectivity index (χ1) is 7.50. The van der Waals surface area contributed by atoms with Crippen molar-refractivity contribution in [2.24, 2.45) is 11.8 Å². The normalized spacial score (nSPS) is 26.7. The van der Waals surface area contributed by atoms with E-state index < -0.39 is 5.97 Å². The van der Waals surface area contributed by atoms with Gasteiger partial charge in [-0.15, -0.1) is 0 Å². The van der Waals surface area contributed by atoms with Gasteiger partial charge in [0.15, 0.2) is 0 Å². The molecule has 0 aromatic carbocycles. The summed E-state index contributed by atoms with van der Waals surface area (Å²) in [6, 6.07) is 0. The van der Waals surface area contributed by atoms with E-state index in [1.54, 1.807) is 0 Å². The number of halogens is 2. The van der Waals surface area contributed by atoms with E-state index in [9.17, 15) is 4.79 Å². The average molecular weight is 356 g/mol. The van der Waals surface area contributed by atoms with E-state index in [-0.39, 0.29) is 9.65 Å². The van der Waals surface area contributed by atoms with Gasteiger partial charge in [-0.05, 0) is 24.7 Å². The number of unbranched alkanes of at least 4 members (excludes halogenated alkanes) is 3. The van der Waals surface area contributed by atoms with Crippen molar-refractivity contribution in [1.82, 2.24) is 0 Å². The summed E-state index contributed by atoms with van der Waals surface area (Å²) in [5.74, 6) is 0.418. The van der Waals surface area contributed by atoms with E-state index in [0.717, 1.165) is 6.42 Å². The molecule has 0 saturated heterocycles. The summed E-state index contributed by atoms with van der Waals surface area (Å²) in [5.41, 5.74) is 0. The van der Waals surface area contributed by atoms with Crippen molar-refractivity contribution in [2.45, 2.75) is 55.1 Å². The second kappa shape index (κ2) is 6.39. The number of hydrogen-bond donors (Lipinski definition) is 1. The summed E-state index contributed by atoms with van der Waals surface area (Å²) in [4.78, 5) is 10.5. The van der Waals surface area contributed by atoms with Crippen LogP contribution in [0.4, 0.5) is 0 Å². The molecule has 2 nitrogen and oxygen atoms in total. The Morgan fingerprint density at radius 1 is 1.19 bits per heavy atom. The third-order valence-electron chi connectivity index (χ3n) is 3.40. The molecule has 0 aromatic rings. The van der Waals surface area contributed by atoms with Crippen molar-refractivity contribution in [2.75, 3.05) is 0 Å². The van der Waals surface area contributed by atoms with Gasteiger partial charge in [-0.2, -0.15) is 0 Å². The van der Waals surface area contributed by atoms with Crippen LogP contribution >= 0.6 is 31.9 Å². The minimum atomic E-state index is -0.688. The van der Waals surface area contributed by atoms with Gasteiger partial charge in [0.2, 0.25) is 0 Å². The van der Waals surface area contributed by atoms with Gasteiger partial charge in [0.25, 0.3) is 0 Å². The maximum absolute atomic E-state index is 10.5. The molecule has 0 aliphatic heterocycles. The van der Waals surface area contributed by atoms with E-state index in [2.05, 4.69) is 38.8 Å². The summed E-state index contributed by atoms with van der Waals surface area (Å²) >= 11 is 7.32. The van der Waals surface area contributed by atoms with Gasteiger partial charge in [0, 0.05) is 6.42 Å². The van der Waals surface area contributed by atoms with Crippen LogP contribution in [0.2, 0.25) is 0 Å². The van der Waals surface area contributed by atoms with E-state index in [1.165, 1.54) is 32.1 Å². The summed E-state index contributed by atoms with van der Waals surface area (Å²) in [6.45, 7) is 2.21. The summed E-state index contributed by atoms with van der Waals surface area (Å²) < 4.78 is 0.0294. The minimum Gasteiger partial charge on any atom is -0.481 e. The lowest BCUT2D eigenvalue weighted by Gasteiger charge is -1.99. The molecule has 0 heterocycles. The smallest absolute Gasteiger partial charge is 0.303 e. The highest BCUT2D eigenvalue weighted by molar-refractivity contribution is 9.25. The van der Waals surface area contributed by atoms with Gasteiger partial charge < -0.3 is 5.11 Å². The molecular weight excluding hydrogens is 336 g/mol. The Morgan fingerprint density at radius 3 is 2.38 bits per heavy atom. The largest absolute Gasteiger partial charge is 0.481 e. The van der Waals surface area contributed by atoms with Crippen LogP contribution in [0.3, 0.4) is 0 Å². The topological polar surface area (TPSA) is 37.3 Å². The van der Waals surface area contributed by atoms with Gasteiger partial charge in [-0.25, -0.2) is 0 Å². The predicted molar refractivity (Wildman–Crippen MR) is 73.2 cm³/mol. The fourth-order valence-corrected chi connectivity index (χ4v) is 4.25. The number of carboxylic acids is 1. The highest BCUT2D eigenvalue weighted by Gasteiger charge is 2.60. The number of carboxylic acid groups (broad SMARTS) is 1. The molecule has 0 spiro atoms. The molecule has 1 fully saturated rings. The summed E-state index contributed by atoms with van der Waals surface area (Å²) in [5, 5.41) is 8.66. The van der Waals surface area contributed by atoms with Gasteiger partial charge in [-0.1, -0.05) is 64.5 Å². The Balaban J connectivity index is 2.19. The van der Waals surface area contributed by atoms with E-state index in [4.69, 9.17) is 5.11 Å². The van der Waals surface area contributed by atoms with Crippen molar-refractivity contribution in [3.8, 4) is 0 Å². The first kappa shape index (κ1) is 14.5. The lowest BCUT2D eigenvalue weighted by molar-refractivity contribution is -0.137. The molecule has 0 aromatic heterocycles. The van der Waals surface area contributed by atoms with Crippen molar-refractivity contribution < 1.29 is 9.90 Å². The molecule has 94 valence electrons. The van der Waals surface area contributed by atoms with E-state index >= 15 is 0 Å². The quantitative estimate of drug-likeness (QED) is 0.512. The monoisotopic (exact) mass is 354 g/mol. The van der Waals surface area contributed by atoms with Gasteiger partial charge in [0.05, 0.1) is 3.23 Å². The molecule has 0 radical (unpaired) electrons. The predicted octanol–water partition coefficient (Wildman–Crippen LogP) is 4.55. The van der Waals surface area contributed by atoms with Gasteiger partial charge >= 0.3 is 5.97 Å². The molecule has 2 atom stereocenters. The van der Waals surface area contributed by atoms with Crippen LogP contribution in [0.1, 0.15) is 51.9 Å². The third-order valence-corrected chi connectivity index (χ3v) is 5.76. The number of hydrogen-bond acceptors (Lipinski definition) is 1. The van der Waals surface area contributed by atoms with E-state index in [1.807, 2.05) is 0 Å². The Kier molecular flexibility index (Phi) is 5.78. The van der Waals surface area contributed by atoms with Crippen LogP contribution < -0.4 is 0 Å². The molecule has 2 unspecified atom stereocenters. The van der Waals surface area contributed by atoms with Gasteiger partial charge in [-0.3, -0.25) is 4.79 Å². The molecule has 1 aliphatic carbocycles. The highest BCUT2D eigenvalue weighted by atomic mass is 79.9. The third kappa shape index (κ3) is 4.02. The minimum absolute atomic E-state index is 0.0294. The van der Waals surface area contributed by atoms with Crippen LogP contribution in [0.25, 0.3) is 0 Å². The standard InChI is InChI=1S/C12H20Br2O2/c1-2-3-4-5-6-9-10(12(9,13)14)7-8-11(15)16/h9-10H,2-8H2,1H3,(H,15,16). The zero-order chi connectivity index (χ0) is 12.2. The molecule has 0 bridgehead atoms. The molecule has 4 heteroatoms. The van der Waals surface area contributed by atoms with Gasteiger partial charge in [0.1, 0.15) is 0 Å². The lowest BCUT2D eigenvalue weighted by Crippen LogP contribution is -1.97. The zero-order valence-corrected chi connectivity index (χ0v) is 12.9. The maximum Gasteiger partial charge on any atom is 0.303 e. The van der Waals surface area contributed by atoms with Crippen molar-refractivity contribution in [1.29, 1.82) is 0 Å². The molecule has 1 rings (SSSR count). The van der Waals surface area contributed by atoms with Crippen molar-refractivity contribution >= 4 is 37.8 Å². The summed E-state index contributed by atoms with van der Waals surface area (Å²) in [7, 11) is 0. The van der Waals surface area contributed by atoms with Crippen LogP contribution in [0.15, 0.2) is 0 Å². The van der Waals surface area contributed by atoms with Crippen LogP contribution in [-0.4, -0.2) is 14.3 Å². The van der Waals surface area contributed by atoms with E-state index in [0.29, 0.717) is 11.8 Å². The molecule has 16 heavy (non-hydrogen) atoms. The van der Waals surface area contributed by atoms with Crippen LogP contribution in [0, 0.1) is 11.8 Å². The maximum atomic E-state index is 10.5. The Morgan fingerprint density at radius 2 is 1.81 bits per heavy atom. The lowest BCUT2D eigenvalue weighted by atomic mass is 10.1. The van der Waals surface area contributed by atoms with Crippen LogP contribution in [0.5, 0.6) is 0 Å². The molecule has 0 amide bonds. The Bertz CT molecular complexity index is 241. The first-order valence-electron chi connectivity index (χ1n) is 6.09. The molecule has 1 N–H and O–H groups in total. The fraction of sp³-hybridized carbons (Fsp3) is 0.917. The second-order valence-corrected chi connectivity index (χ2v) is 8.36. The number of rotatable bonds is 8. The molecular formula is C12H20Br2O2. The SMILES string of the molecule is CCCCCCC1C(CCC(=O)O)C1(Br)Br. The fourth-order valence-electron chi connectivity index (χ4n) is 2.32. The van der Waals surface area contributed by atoms with Crippen molar-refractivity contribution in [3.63, 3.8) is 0 Å². The van der Waals surface area contributed by atoms with Crippen molar-refractivity contribution in [3.05, 3.63) is 0 Å². The highest BCUT2D eigenvalue weighted by Crippen LogP contribution is 2.65. The Hall–Kier alpha value is 0.430. The van der Waals surface area contributed by atoms with Crippen LogP contribution in [-0.2, 0) is 4.79 Å². The molecule has 1 saturated carbocycles.